The number of benzene rings is 1. The van der Waals surface area contributed by atoms with Crippen molar-refractivity contribution in [3.8, 4) is 5.75 Å². The predicted molar refractivity (Wildman–Crippen MR) is 73.3 cm³/mol. The van der Waals surface area contributed by atoms with Gasteiger partial charge in [-0.05, 0) is 11.6 Å². The van der Waals surface area contributed by atoms with E-state index < -0.39 is 4.92 Å². The summed E-state index contributed by atoms with van der Waals surface area (Å²) in [6.07, 6.45) is 3.47. The van der Waals surface area contributed by atoms with Crippen LogP contribution in [0.4, 0.5) is 5.69 Å². The van der Waals surface area contributed by atoms with E-state index in [1.807, 2.05) is 0 Å². The quantitative estimate of drug-likeness (QED) is 0.481. The molecule has 2 aromatic rings. The van der Waals surface area contributed by atoms with Gasteiger partial charge in [-0.15, -0.1) is 0 Å². The molecule has 0 fully saturated rings. The van der Waals surface area contributed by atoms with E-state index in [-0.39, 0.29) is 18.0 Å². The van der Waals surface area contributed by atoms with Gasteiger partial charge in [-0.1, -0.05) is 22.0 Å². The van der Waals surface area contributed by atoms with Crippen LogP contribution in [0, 0.1) is 10.1 Å². The zero-order valence-corrected chi connectivity index (χ0v) is 11.8. The maximum absolute atomic E-state index is 10.9. The molecule has 0 amide bonds. The lowest BCUT2D eigenvalue weighted by Gasteiger charge is -2.06. The Hall–Kier alpha value is -1.89. The highest BCUT2D eigenvalue weighted by Gasteiger charge is 2.15. The third kappa shape index (κ3) is 3.31. The topological polar surface area (TPSA) is 70.2 Å². The molecule has 0 aliphatic rings. The highest BCUT2D eigenvalue weighted by molar-refractivity contribution is 9.08. The molecular weight excluding hydrogens is 314 g/mol. The van der Waals surface area contributed by atoms with Crippen molar-refractivity contribution >= 4 is 21.6 Å². The van der Waals surface area contributed by atoms with Gasteiger partial charge in [0.2, 0.25) is 0 Å². The van der Waals surface area contributed by atoms with Gasteiger partial charge in [-0.3, -0.25) is 14.8 Å². The average Bonchev–Trinajstić information content (AvgIpc) is 2.81. The van der Waals surface area contributed by atoms with E-state index in [2.05, 4.69) is 21.0 Å². The molecule has 0 N–H and O–H groups in total. The fourth-order valence-electron chi connectivity index (χ4n) is 1.62. The maximum atomic E-state index is 10.9. The van der Waals surface area contributed by atoms with Crippen molar-refractivity contribution < 1.29 is 9.66 Å². The number of rotatable bonds is 5. The first-order valence-corrected chi connectivity index (χ1v) is 6.66. The molecule has 0 saturated heterocycles. The highest BCUT2D eigenvalue weighted by Crippen LogP contribution is 2.29. The van der Waals surface area contributed by atoms with Crippen LogP contribution in [0.2, 0.25) is 0 Å². The standard InChI is InChI=1S/C12H12BrN3O3/c1-15-7-10(6-14-15)8-19-12-4-9(5-13)2-3-11(12)16(17)18/h2-4,6-7H,5,8H2,1H3. The van der Waals surface area contributed by atoms with E-state index in [0.717, 1.165) is 11.1 Å². The summed E-state index contributed by atoms with van der Waals surface area (Å²) in [5.74, 6) is 0.269. The number of ether oxygens (including phenoxy) is 1. The molecule has 0 aliphatic carbocycles. The number of aromatic nitrogens is 2. The number of halogens is 1. The summed E-state index contributed by atoms with van der Waals surface area (Å²) >= 11 is 3.31. The molecule has 7 heteroatoms. The van der Waals surface area contributed by atoms with Crippen LogP contribution in [0.25, 0.3) is 0 Å². The third-order valence-corrected chi connectivity index (χ3v) is 3.18. The number of alkyl halides is 1. The predicted octanol–water partition coefficient (Wildman–Crippen LogP) is 2.80. The van der Waals surface area contributed by atoms with Gasteiger partial charge in [-0.25, -0.2) is 0 Å². The van der Waals surface area contributed by atoms with Gasteiger partial charge in [0.05, 0.1) is 11.1 Å². The van der Waals surface area contributed by atoms with Crippen LogP contribution >= 0.6 is 15.9 Å². The second-order valence-electron chi connectivity index (χ2n) is 4.00. The van der Waals surface area contributed by atoms with Gasteiger partial charge < -0.3 is 4.74 Å². The molecule has 6 nitrogen and oxygen atoms in total. The van der Waals surface area contributed by atoms with Crippen LogP contribution in [0.5, 0.6) is 5.75 Å². The molecule has 0 unspecified atom stereocenters. The van der Waals surface area contributed by atoms with Crippen molar-refractivity contribution in [2.75, 3.05) is 0 Å². The van der Waals surface area contributed by atoms with Crippen molar-refractivity contribution in [3.63, 3.8) is 0 Å². The molecule has 0 atom stereocenters. The van der Waals surface area contributed by atoms with Crippen molar-refractivity contribution in [2.24, 2.45) is 7.05 Å². The molecule has 1 aromatic carbocycles. The Kier molecular flexibility index (Phi) is 4.16. The Balaban J connectivity index is 2.19. The number of aryl methyl sites for hydroxylation is 1. The summed E-state index contributed by atoms with van der Waals surface area (Å²) in [5.41, 5.74) is 1.75. The summed E-state index contributed by atoms with van der Waals surface area (Å²) in [6.45, 7) is 0.250. The summed E-state index contributed by atoms with van der Waals surface area (Å²) in [4.78, 5) is 10.5. The van der Waals surface area contributed by atoms with Crippen LogP contribution in [0.1, 0.15) is 11.1 Å². The van der Waals surface area contributed by atoms with Gasteiger partial charge in [0.25, 0.3) is 0 Å². The lowest BCUT2D eigenvalue weighted by Crippen LogP contribution is -1.99. The first kappa shape index (κ1) is 13.5. The van der Waals surface area contributed by atoms with Gasteiger partial charge in [0.15, 0.2) is 5.75 Å². The molecule has 0 bridgehead atoms. The number of hydrogen-bond acceptors (Lipinski definition) is 4. The first-order valence-electron chi connectivity index (χ1n) is 5.53. The lowest BCUT2D eigenvalue weighted by atomic mass is 10.2. The Labute approximate surface area is 118 Å². The van der Waals surface area contributed by atoms with Gasteiger partial charge in [-0.2, -0.15) is 5.10 Å². The van der Waals surface area contributed by atoms with E-state index in [0.29, 0.717) is 5.33 Å². The maximum Gasteiger partial charge on any atom is 0.310 e. The van der Waals surface area contributed by atoms with Gasteiger partial charge in [0, 0.05) is 30.2 Å². The van der Waals surface area contributed by atoms with Gasteiger partial charge in [0.1, 0.15) is 6.61 Å². The van der Waals surface area contributed by atoms with E-state index in [4.69, 9.17) is 4.74 Å². The minimum Gasteiger partial charge on any atom is -0.482 e. The van der Waals surface area contributed by atoms with E-state index in [1.54, 1.807) is 36.3 Å². The number of nitro benzene ring substituents is 1. The highest BCUT2D eigenvalue weighted by atomic mass is 79.9. The molecule has 1 heterocycles. The second-order valence-corrected chi connectivity index (χ2v) is 4.56. The molecular formula is C12H12BrN3O3. The third-order valence-electron chi connectivity index (χ3n) is 2.53. The first-order chi connectivity index (χ1) is 9.10. The van der Waals surface area contributed by atoms with Crippen molar-refractivity contribution in [2.45, 2.75) is 11.9 Å². The average molecular weight is 326 g/mol. The molecule has 0 saturated carbocycles. The molecule has 0 spiro atoms. The number of hydrogen-bond donors (Lipinski definition) is 0. The fourth-order valence-corrected chi connectivity index (χ4v) is 1.96. The summed E-state index contributed by atoms with van der Waals surface area (Å²) in [5, 5.41) is 15.6. The second kappa shape index (κ2) is 5.83. The number of nitro groups is 1. The summed E-state index contributed by atoms with van der Waals surface area (Å²) in [7, 11) is 1.80. The Morgan fingerprint density at radius 3 is 2.84 bits per heavy atom. The zero-order chi connectivity index (χ0) is 13.8. The van der Waals surface area contributed by atoms with E-state index in [9.17, 15) is 10.1 Å². The normalized spacial score (nSPS) is 10.4. The monoisotopic (exact) mass is 325 g/mol. The van der Waals surface area contributed by atoms with Crippen molar-refractivity contribution in [3.05, 3.63) is 51.8 Å². The summed E-state index contributed by atoms with van der Waals surface area (Å²) < 4.78 is 7.18. The van der Waals surface area contributed by atoms with Crippen LogP contribution < -0.4 is 4.74 Å². The Morgan fingerprint density at radius 2 is 2.26 bits per heavy atom. The van der Waals surface area contributed by atoms with Crippen LogP contribution in [0.15, 0.2) is 30.6 Å². The van der Waals surface area contributed by atoms with Crippen LogP contribution in [-0.4, -0.2) is 14.7 Å². The molecule has 0 aliphatic heterocycles. The van der Waals surface area contributed by atoms with Crippen LogP contribution in [0.3, 0.4) is 0 Å². The largest absolute Gasteiger partial charge is 0.482 e. The number of nitrogens with zero attached hydrogens (tertiary/aromatic N) is 3. The van der Waals surface area contributed by atoms with E-state index >= 15 is 0 Å². The Morgan fingerprint density at radius 1 is 1.47 bits per heavy atom. The molecule has 2 rings (SSSR count). The smallest absolute Gasteiger partial charge is 0.310 e. The lowest BCUT2D eigenvalue weighted by molar-refractivity contribution is -0.386. The van der Waals surface area contributed by atoms with E-state index in [1.165, 1.54) is 6.07 Å². The van der Waals surface area contributed by atoms with Crippen molar-refractivity contribution in [1.29, 1.82) is 0 Å². The minimum atomic E-state index is -0.448. The SMILES string of the molecule is Cn1cc(COc2cc(CBr)ccc2[N+](=O)[O-])cn1. The van der Waals surface area contributed by atoms with Gasteiger partial charge >= 0.3 is 5.69 Å². The Bertz CT molecular complexity index is 598. The van der Waals surface area contributed by atoms with Crippen molar-refractivity contribution in [1.82, 2.24) is 9.78 Å². The van der Waals surface area contributed by atoms with Crippen LogP contribution in [-0.2, 0) is 19.0 Å². The molecule has 0 radical (unpaired) electrons. The molecule has 19 heavy (non-hydrogen) atoms. The minimum absolute atomic E-state index is 0.0337. The summed E-state index contributed by atoms with van der Waals surface area (Å²) in [6, 6.07) is 4.82. The fraction of sp³-hybridized carbons (Fsp3) is 0.250. The zero-order valence-electron chi connectivity index (χ0n) is 10.2. The molecule has 1 aromatic heterocycles. The molecule has 100 valence electrons.